The van der Waals surface area contributed by atoms with Gasteiger partial charge in [0, 0.05) is 35.4 Å². The third kappa shape index (κ3) is 2.72. The van der Waals surface area contributed by atoms with Gasteiger partial charge in [-0.25, -0.2) is 0 Å². The van der Waals surface area contributed by atoms with Crippen LogP contribution in [0.1, 0.15) is 38.2 Å². The van der Waals surface area contributed by atoms with Gasteiger partial charge in [-0.2, -0.15) is 0 Å². The minimum absolute atomic E-state index is 0.586. The van der Waals surface area contributed by atoms with Gasteiger partial charge in [-0.3, -0.25) is 0 Å². The Morgan fingerprint density at radius 3 is 2.72 bits per heavy atom. The highest BCUT2D eigenvalue weighted by atomic mass is 79.9. The van der Waals surface area contributed by atoms with Gasteiger partial charge >= 0.3 is 0 Å². The molecule has 2 unspecified atom stereocenters. The lowest BCUT2D eigenvalue weighted by molar-refractivity contribution is 0.321. The van der Waals surface area contributed by atoms with E-state index in [1.54, 1.807) is 0 Å². The van der Waals surface area contributed by atoms with Crippen LogP contribution in [0.5, 0.6) is 0 Å². The van der Waals surface area contributed by atoms with E-state index in [1.165, 1.54) is 36.9 Å². The van der Waals surface area contributed by atoms with E-state index in [0.29, 0.717) is 12.6 Å². The quantitative estimate of drug-likeness (QED) is 0.916. The standard InChI is InChI=1S/C15H23BrN2/c1-11-6-3-4-8-14(11)18(2)15-9-5-7-13(16)12(15)10-17/h5,7,9,11,14H,3-4,6,8,10,17H2,1-2H3. The second kappa shape index (κ2) is 6.07. The fourth-order valence-corrected chi connectivity index (χ4v) is 3.65. The molecule has 1 aliphatic carbocycles. The summed E-state index contributed by atoms with van der Waals surface area (Å²) in [6.45, 7) is 2.96. The molecule has 0 heterocycles. The fourth-order valence-electron chi connectivity index (χ4n) is 3.13. The first-order chi connectivity index (χ1) is 8.65. The van der Waals surface area contributed by atoms with E-state index in [0.717, 1.165) is 10.4 Å². The van der Waals surface area contributed by atoms with Crippen molar-refractivity contribution in [1.82, 2.24) is 0 Å². The highest BCUT2D eigenvalue weighted by molar-refractivity contribution is 9.10. The summed E-state index contributed by atoms with van der Waals surface area (Å²) >= 11 is 3.61. The Balaban J connectivity index is 2.27. The van der Waals surface area contributed by atoms with E-state index >= 15 is 0 Å². The van der Waals surface area contributed by atoms with Crippen LogP contribution < -0.4 is 10.6 Å². The molecule has 100 valence electrons. The molecule has 0 aromatic heterocycles. The third-order valence-corrected chi connectivity index (χ3v) is 4.98. The van der Waals surface area contributed by atoms with E-state index in [-0.39, 0.29) is 0 Å². The fraction of sp³-hybridized carbons (Fsp3) is 0.600. The molecule has 0 aliphatic heterocycles. The lowest BCUT2D eigenvalue weighted by Gasteiger charge is -2.38. The number of rotatable bonds is 3. The van der Waals surface area contributed by atoms with Gasteiger partial charge in [0.1, 0.15) is 0 Å². The first-order valence-electron chi connectivity index (χ1n) is 6.85. The Kier molecular flexibility index (Phi) is 4.68. The van der Waals surface area contributed by atoms with Crippen LogP contribution in [0.25, 0.3) is 0 Å². The van der Waals surface area contributed by atoms with Crippen LogP contribution >= 0.6 is 15.9 Å². The molecule has 2 N–H and O–H groups in total. The first kappa shape index (κ1) is 13.9. The lowest BCUT2D eigenvalue weighted by Crippen LogP contribution is -2.39. The maximum atomic E-state index is 5.90. The predicted octanol–water partition coefficient (Wildman–Crippen LogP) is 3.92. The topological polar surface area (TPSA) is 29.3 Å². The van der Waals surface area contributed by atoms with Crippen molar-refractivity contribution in [1.29, 1.82) is 0 Å². The normalized spacial score (nSPS) is 24.0. The van der Waals surface area contributed by atoms with Gasteiger partial charge in [0.05, 0.1) is 0 Å². The van der Waals surface area contributed by atoms with Crippen LogP contribution in [0.4, 0.5) is 5.69 Å². The van der Waals surface area contributed by atoms with Crippen LogP contribution in [0.2, 0.25) is 0 Å². The zero-order chi connectivity index (χ0) is 13.1. The number of nitrogens with zero attached hydrogens (tertiary/aromatic N) is 1. The average Bonchev–Trinajstić information content (AvgIpc) is 2.38. The Morgan fingerprint density at radius 2 is 2.06 bits per heavy atom. The summed E-state index contributed by atoms with van der Waals surface area (Å²) in [4.78, 5) is 2.44. The van der Waals surface area contributed by atoms with Crippen LogP contribution in [0.15, 0.2) is 22.7 Å². The minimum Gasteiger partial charge on any atom is -0.371 e. The Hall–Kier alpha value is -0.540. The molecule has 1 aliphatic rings. The minimum atomic E-state index is 0.586. The monoisotopic (exact) mass is 310 g/mol. The van der Waals surface area contributed by atoms with E-state index in [9.17, 15) is 0 Å². The summed E-state index contributed by atoms with van der Waals surface area (Å²) in [7, 11) is 2.22. The van der Waals surface area contributed by atoms with Crippen LogP contribution in [0, 0.1) is 5.92 Å². The Bertz CT molecular complexity index is 405. The molecule has 0 radical (unpaired) electrons. The Labute approximate surface area is 119 Å². The summed E-state index contributed by atoms with van der Waals surface area (Å²) in [5.74, 6) is 0.772. The summed E-state index contributed by atoms with van der Waals surface area (Å²) in [5, 5.41) is 0. The molecule has 0 spiro atoms. The van der Waals surface area contributed by atoms with Crippen LogP contribution in [0.3, 0.4) is 0 Å². The van der Waals surface area contributed by atoms with Crippen molar-refractivity contribution in [2.24, 2.45) is 11.7 Å². The zero-order valence-electron chi connectivity index (χ0n) is 11.3. The van der Waals surface area contributed by atoms with Gasteiger partial charge in [-0.1, -0.05) is 41.8 Å². The molecule has 2 nitrogen and oxygen atoms in total. The molecule has 2 rings (SSSR count). The maximum absolute atomic E-state index is 5.90. The summed E-state index contributed by atoms with van der Waals surface area (Å²) in [5.41, 5.74) is 8.40. The molecule has 3 heteroatoms. The van der Waals surface area contributed by atoms with Crippen molar-refractivity contribution in [2.75, 3.05) is 11.9 Å². The third-order valence-electron chi connectivity index (χ3n) is 4.24. The highest BCUT2D eigenvalue weighted by Crippen LogP contribution is 2.34. The molecule has 1 aromatic carbocycles. The second-order valence-electron chi connectivity index (χ2n) is 5.38. The number of anilines is 1. The number of halogens is 1. The molecule has 18 heavy (non-hydrogen) atoms. The van der Waals surface area contributed by atoms with Gasteiger partial charge < -0.3 is 10.6 Å². The molecule has 1 fully saturated rings. The molecule has 0 bridgehead atoms. The van der Waals surface area contributed by atoms with Gasteiger partial charge in [0.2, 0.25) is 0 Å². The Morgan fingerprint density at radius 1 is 1.33 bits per heavy atom. The molecular weight excluding hydrogens is 288 g/mol. The number of hydrogen-bond acceptors (Lipinski definition) is 2. The lowest BCUT2D eigenvalue weighted by atomic mass is 9.84. The molecule has 0 amide bonds. The van der Waals surface area contributed by atoms with Crippen molar-refractivity contribution >= 4 is 21.6 Å². The smallest absolute Gasteiger partial charge is 0.0423 e. The summed E-state index contributed by atoms with van der Waals surface area (Å²) < 4.78 is 1.12. The molecule has 2 atom stereocenters. The molecular formula is C15H23BrN2. The summed E-state index contributed by atoms with van der Waals surface area (Å²) in [6.07, 6.45) is 5.38. The molecule has 0 saturated heterocycles. The van der Waals surface area contributed by atoms with Crippen molar-refractivity contribution < 1.29 is 0 Å². The van der Waals surface area contributed by atoms with E-state index in [4.69, 9.17) is 5.73 Å². The van der Waals surface area contributed by atoms with Gasteiger partial charge in [-0.05, 0) is 30.9 Å². The van der Waals surface area contributed by atoms with Crippen molar-refractivity contribution in [3.8, 4) is 0 Å². The average molecular weight is 311 g/mol. The van der Waals surface area contributed by atoms with E-state index in [2.05, 4.69) is 53.0 Å². The van der Waals surface area contributed by atoms with Gasteiger partial charge in [-0.15, -0.1) is 0 Å². The highest BCUT2D eigenvalue weighted by Gasteiger charge is 2.26. The van der Waals surface area contributed by atoms with Crippen molar-refractivity contribution in [3.63, 3.8) is 0 Å². The predicted molar refractivity (Wildman–Crippen MR) is 81.9 cm³/mol. The largest absolute Gasteiger partial charge is 0.371 e. The molecule has 1 saturated carbocycles. The second-order valence-corrected chi connectivity index (χ2v) is 6.24. The van der Waals surface area contributed by atoms with Gasteiger partial charge in [0.15, 0.2) is 0 Å². The van der Waals surface area contributed by atoms with Crippen molar-refractivity contribution in [3.05, 3.63) is 28.2 Å². The first-order valence-corrected chi connectivity index (χ1v) is 7.64. The van der Waals surface area contributed by atoms with E-state index in [1.807, 2.05) is 0 Å². The maximum Gasteiger partial charge on any atom is 0.0423 e. The van der Waals surface area contributed by atoms with E-state index < -0.39 is 0 Å². The zero-order valence-corrected chi connectivity index (χ0v) is 12.9. The van der Waals surface area contributed by atoms with Crippen molar-refractivity contribution in [2.45, 2.75) is 45.2 Å². The van der Waals surface area contributed by atoms with Crippen LogP contribution in [-0.4, -0.2) is 13.1 Å². The number of nitrogens with two attached hydrogens (primary N) is 1. The summed E-state index contributed by atoms with van der Waals surface area (Å²) in [6, 6.07) is 7.01. The number of benzene rings is 1. The van der Waals surface area contributed by atoms with Gasteiger partial charge in [0.25, 0.3) is 0 Å². The van der Waals surface area contributed by atoms with Crippen LogP contribution in [-0.2, 0) is 6.54 Å². The molecule has 1 aromatic rings. The number of hydrogen-bond donors (Lipinski definition) is 1. The SMILES string of the molecule is CC1CCCCC1N(C)c1cccc(Br)c1CN.